The maximum atomic E-state index is 12.3. The van der Waals surface area contributed by atoms with E-state index in [0.29, 0.717) is 6.61 Å². The normalized spacial score (nSPS) is 12.2. The van der Waals surface area contributed by atoms with Gasteiger partial charge in [0.2, 0.25) is 0 Å². The highest BCUT2D eigenvalue weighted by Gasteiger charge is 2.27. The highest BCUT2D eigenvalue weighted by atomic mass is 31.2. The highest BCUT2D eigenvalue weighted by molar-refractivity contribution is 7.53. The van der Waals surface area contributed by atoms with Crippen molar-refractivity contribution in [3.8, 4) is 0 Å². The molecule has 0 amide bonds. The lowest BCUT2D eigenvalue weighted by Crippen LogP contribution is -2.27. The molecule has 0 saturated carbocycles. The molecule has 0 aliphatic carbocycles. The van der Waals surface area contributed by atoms with E-state index in [9.17, 15) is 9.36 Å². The van der Waals surface area contributed by atoms with Gasteiger partial charge in [-0.1, -0.05) is 0 Å². The van der Waals surface area contributed by atoms with E-state index < -0.39 is 13.6 Å². The van der Waals surface area contributed by atoms with Gasteiger partial charge in [-0.2, -0.15) is 0 Å². The van der Waals surface area contributed by atoms with Gasteiger partial charge in [-0.15, -0.1) is 0 Å². The number of esters is 1. The van der Waals surface area contributed by atoms with E-state index in [1.807, 2.05) is 0 Å². The number of hydrogen-bond donors (Lipinski definition) is 1. The van der Waals surface area contributed by atoms with Gasteiger partial charge in [0.05, 0.1) is 31.6 Å². The minimum Gasteiger partial charge on any atom is -0.465 e. The van der Waals surface area contributed by atoms with Gasteiger partial charge in [-0.25, -0.2) is 0 Å². The zero-order valence-electron chi connectivity index (χ0n) is 11.8. The molecule has 0 aromatic rings. The summed E-state index contributed by atoms with van der Waals surface area (Å²) in [6, 6.07) is 0. The van der Waals surface area contributed by atoms with Crippen LogP contribution in [0.25, 0.3) is 0 Å². The van der Waals surface area contributed by atoms with Crippen LogP contribution in [0.1, 0.15) is 34.6 Å². The van der Waals surface area contributed by atoms with Gasteiger partial charge in [0.1, 0.15) is 0 Å². The Balaban J connectivity index is 4.25. The van der Waals surface area contributed by atoms with Crippen molar-refractivity contribution in [3.05, 3.63) is 0 Å². The zero-order chi connectivity index (χ0) is 14.2. The van der Waals surface area contributed by atoms with Crippen molar-refractivity contribution in [1.82, 2.24) is 5.32 Å². The van der Waals surface area contributed by atoms with Crippen LogP contribution in [-0.2, 0) is 23.1 Å². The summed E-state index contributed by atoms with van der Waals surface area (Å²) in [7, 11) is -3.23. The Bertz CT molecular complexity index is 279. The average Bonchev–Trinajstić information content (AvgIpc) is 2.14. The summed E-state index contributed by atoms with van der Waals surface area (Å²) < 4.78 is 27.7. The Morgan fingerprint density at radius 1 is 1.17 bits per heavy atom. The molecule has 0 aromatic carbocycles. The molecule has 0 aliphatic rings. The van der Waals surface area contributed by atoms with Gasteiger partial charge < -0.3 is 13.8 Å². The average molecular weight is 281 g/mol. The summed E-state index contributed by atoms with van der Waals surface area (Å²) in [6.45, 7) is 9.16. The molecule has 0 spiro atoms. The molecule has 0 rings (SSSR count). The fraction of sp³-hybridized carbons (Fsp3) is 0.909. The molecular weight excluding hydrogens is 257 g/mol. The van der Waals surface area contributed by atoms with E-state index in [2.05, 4.69) is 5.32 Å². The second-order valence-electron chi connectivity index (χ2n) is 4.31. The van der Waals surface area contributed by atoms with Crippen LogP contribution in [-0.4, -0.2) is 37.6 Å². The van der Waals surface area contributed by atoms with Crippen LogP contribution in [0.15, 0.2) is 0 Å². The second-order valence-corrected chi connectivity index (χ2v) is 6.27. The number of rotatable bonds is 9. The summed E-state index contributed by atoms with van der Waals surface area (Å²) in [4.78, 5) is 11.1. The minimum absolute atomic E-state index is 0.0117. The van der Waals surface area contributed by atoms with Gasteiger partial charge in [0.15, 0.2) is 0 Å². The smallest absolute Gasteiger partial charge is 0.344 e. The fourth-order valence-corrected chi connectivity index (χ4v) is 3.12. The van der Waals surface area contributed by atoms with E-state index in [1.165, 1.54) is 0 Å². The maximum Gasteiger partial charge on any atom is 0.344 e. The lowest BCUT2D eigenvalue weighted by Gasteiger charge is -2.22. The molecule has 0 fully saturated rings. The largest absolute Gasteiger partial charge is 0.465 e. The third-order valence-corrected chi connectivity index (χ3v) is 3.72. The van der Waals surface area contributed by atoms with E-state index in [-0.39, 0.29) is 25.0 Å². The summed E-state index contributed by atoms with van der Waals surface area (Å²) in [5, 5.41) is 2.73. The van der Waals surface area contributed by atoms with Crippen LogP contribution in [0.5, 0.6) is 0 Å². The van der Waals surface area contributed by atoms with Crippen molar-refractivity contribution in [1.29, 1.82) is 0 Å². The predicted octanol–water partition coefficient (Wildman–Crippen LogP) is 2.14. The van der Waals surface area contributed by atoms with Gasteiger partial charge in [0, 0.05) is 0 Å². The second kappa shape index (κ2) is 8.64. The lowest BCUT2D eigenvalue weighted by atomic mass is 10.5. The molecule has 0 aromatic heterocycles. The van der Waals surface area contributed by atoms with Gasteiger partial charge in [0.25, 0.3) is 0 Å². The lowest BCUT2D eigenvalue weighted by molar-refractivity contribution is -0.141. The summed E-state index contributed by atoms with van der Waals surface area (Å²) in [5.41, 5.74) is 0. The molecule has 6 nitrogen and oxygen atoms in total. The van der Waals surface area contributed by atoms with Crippen LogP contribution in [0, 0.1) is 0 Å². The van der Waals surface area contributed by atoms with Crippen molar-refractivity contribution in [2.45, 2.75) is 46.8 Å². The molecule has 0 aliphatic heterocycles. The first-order chi connectivity index (χ1) is 8.29. The topological polar surface area (TPSA) is 73.9 Å². The SMILES string of the molecule is CCOC(=O)CNCP(=O)(OC(C)C)OC(C)C. The van der Waals surface area contributed by atoms with Crippen LogP contribution < -0.4 is 5.32 Å². The van der Waals surface area contributed by atoms with Crippen molar-refractivity contribution in [3.63, 3.8) is 0 Å². The molecule has 7 heteroatoms. The number of carbonyl (C=O) groups is 1. The van der Waals surface area contributed by atoms with Gasteiger partial charge in [-0.3, -0.25) is 14.7 Å². The third-order valence-electron chi connectivity index (χ3n) is 1.62. The summed E-state index contributed by atoms with van der Waals surface area (Å²) in [6.07, 6.45) is -0.430. The van der Waals surface area contributed by atoms with Crippen LogP contribution >= 0.6 is 7.60 Å². The maximum absolute atomic E-state index is 12.3. The summed E-state index contributed by atoms with van der Waals surface area (Å²) in [5.74, 6) is -0.391. The van der Waals surface area contributed by atoms with E-state index in [0.717, 1.165) is 0 Å². The third kappa shape index (κ3) is 8.64. The number of nitrogens with one attached hydrogen (secondary N) is 1. The number of hydrogen-bond acceptors (Lipinski definition) is 6. The quantitative estimate of drug-likeness (QED) is 0.515. The first-order valence-corrected chi connectivity index (χ1v) is 7.84. The Morgan fingerprint density at radius 3 is 2.06 bits per heavy atom. The summed E-state index contributed by atoms with van der Waals surface area (Å²) >= 11 is 0. The Kier molecular flexibility index (Phi) is 8.44. The van der Waals surface area contributed by atoms with Crippen LogP contribution in [0.4, 0.5) is 0 Å². The van der Waals surface area contributed by atoms with Crippen LogP contribution in [0.3, 0.4) is 0 Å². The van der Waals surface area contributed by atoms with Crippen molar-refractivity contribution < 1.29 is 23.1 Å². The molecule has 0 radical (unpaired) electrons. The van der Waals surface area contributed by atoms with E-state index in [4.69, 9.17) is 13.8 Å². The van der Waals surface area contributed by atoms with Crippen molar-refractivity contribution >= 4 is 13.6 Å². The first kappa shape index (κ1) is 17.6. The predicted molar refractivity (Wildman–Crippen MR) is 69.6 cm³/mol. The van der Waals surface area contributed by atoms with Crippen LogP contribution in [0.2, 0.25) is 0 Å². The Labute approximate surface area is 109 Å². The van der Waals surface area contributed by atoms with E-state index in [1.54, 1.807) is 34.6 Å². The number of carbonyl (C=O) groups excluding carboxylic acids is 1. The van der Waals surface area contributed by atoms with E-state index >= 15 is 0 Å². The molecule has 18 heavy (non-hydrogen) atoms. The minimum atomic E-state index is -3.23. The molecule has 108 valence electrons. The Morgan fingerprint density at radius 2 is 1.67 bits per heavy atom. The van der Waals surface area contributed by atoms with Crippen molar-refractivity contribution in [2.75, 3.05) is 19.4 Å². The molecule has 0 unspecified atom stereocenters. The molecule has 0 saturated heterocycles. The number of ether oxygens (including phenoxy) is 1. The monoisotopic (exact) mass is 281 g/mol. The van der Waals surface area contributed by atoms with Gasteiger partial charge in [-0.05, 0) is 34.6 Å². The Hall–Kier alpha value is -0.420. The molecule has 0 atom stereocenters. The first-order valence-electron chi connectivity index (χ1n) is 6.11. The molecule has 1 N–H and O–H groups in total. The van der Waals surface area contributed by atoms with Gasteiger partial charge >= 0.3 is 13.6 Å². The standard InChI is InChI=1S/C11H24NO5P/c1-6-15-11(13)7-12-8-18(14,16-9(2)3)17-10(4)5/h9-10,12H,6-8H2,1-5H3. The highest BCUT2D eigenvalue weighted by Crippen LogP contribution is 2.49. The zero-order valence-corrected chi connectivity index (χ0v) is 12.7. The molecule has 0 bridgehead atoms. The van der Waals surface area contributed by atoms with Crippen molar-refractivity contribution in [2.24, 2.45) is 0 Å². The fourth-order valence-electron chi connectivity index (χ4n) is 1.25. The molecular formula is C11H24NO5P. The molecule has 0 heterocycles.